The summed E-state index contributed by atoms with van der Waals surface area (Å²) < 4.78 is 38.5. The lowest BCUT2D eigenvalue weighted by molar-refractivity contribution is 0.177. The number of hydrogen-bond donors (Lipinski definition) is 0. The zero-order valence-corrected chi connectivity index (χ0v) is 15.9. The maximum absolute atomic E-state index is 13.1. The van der Waals surface area contributed by atoms with Crippen LogP contribution in [0.15, 0.2) is 52.1 Å². The summed E-state index contributed by atoms with van der Waals surface area (Å²) in [6.45, 7) is 0.717. The maximum Gasteiger partial charge on any atom is 0.247 e. The van der Waals surface area contributed by atoms with Gasteiger partial charge in [0.1, 0.15) is 10.6 Å². The van der Waals surface area contributed by atoms with Crippen LogP contribution in [0.1, 0.15) is 5.56 Å². The van der Waals surface area contributed by atoms with Gasteiger partial charge in [0.2, 0.25) is 10.0 Å². The largest absolute Gasteiger partial charge is 0.495 e. The first-order chi connectivity index (χ1) is 11.5. The summed E-state index contributed by atoms with van der Waals surface area (Å²) in [6, 6.07) is 8.50. The Morgan fingerprint density at radius 1 is 1.25 bits per heavy atom. The molecule has 24 heavy (non-hydrogen) atoms. The van der Waals surface area contributed by atoms with Crippen molar-refractivity contribution >= 4 is 26.0 Å². The minimum atomic E-state index is -3.77. The van der Waals surface area contributed by atoms with Gasteiger partial charge in [-0.3, -0.25) is 4.98 Å². The second-order valence-electron chi connectivity index (χ2n) is 4.99. The fraction of sp³-hybridized carbons (Fsp3) is 0.312. The maximum atomic E-state index is 13.1. The Morgan fingerprint density at radius 3 is 2.67 bits per heavy atom. The molecule has 2 rings (SSSR count). The van der Waals surface area contributed by atoms with Crippen molar-refractivity contribution in [1.29, 1.82) is 0 Å². The molecule has 130 valence electrons. The summed E-state index contributed by atoms with van der Waals surface area (Å²) >= 11 is 3.31. The number of rotatable bonds is 8. The second kappa shape index (κ2) is 8.57. The summed E-state index contributed by atoms with van der Waals surface area (Å²) in [5.41, 5.74) is 0.797. The van der Waals surface area contributed by atoms with E-state index in [-0.39, 0.29) is 24.6 Å². The lowest BCUT2D eigenvalue weighted by Crippen LogP contribution is -2.33. The van der Waals surface area contributed by atoms with Crippen LogP contribution in [-0.4, -0.2) is 45.1 Å². The number of pyridine rings is 1. The van der Waals surface area contributed by atoms with Gasteiger partial charge < -0.3 is 9.47 Å². The lowest BCUT2D eigenvalue weighted by atomic mass is 10.3. The molecule has 0 atom stereocenters. The molecule has 0 N–H and O–H groups in total. The summed E-state index contributed by atoms with van der Waals surface area (Å²) in [7, 11) is -0.783. The molecule has 0 saturated heterocycles. The first-order valence-corrected chi connectivity index (χ1v) is 9.44. The monoisotopic (exact) mass is 414 g/mol. The van der Waals surface area contributed by atoms with Crippen LogP contribution in [0.4, 0.5) is 0 Å². The molecule has 8 heteroatoms. The van der Waals surface area contributed by atoms with Gasteiger partial charge in [-0.2, -0.15) is 4.31 Å². The van der Waals surface area contributed by atoms with Gasteiger partial charge in [-0.25, -0.2) is 8.42 Å². The zero-order chi connectivity index (χ0) is 17.6. The third-order valence-corrected chi connectivity index (χ3v) is 5.73. The third kappa shape index (κ3) is 4.54. The van der Waals surface area contributed by atoms with Gasteiger partial charge in [0, 0.05) is 37.1 Å². The summed E-state index contributed by atoms with van der Waals surface area (Å²) in [5, 5.41) is 0. The smallest absolute Gasteiger partial charge is 0.247 e. The Balaban J connectivity index is 2.41. The third-order valence-electron chi connectivity index (χ3n) is 3.37. The van der Waals surface area contributed by atoms with Crippen molar-refractivity contribution in [2.75, 3.05) is 27.4 Å². The standard InChI is InChI=1S/C16H19BrN2O4S/c1-22-9-8-19(12-13-4-3-7-18-11-13)24(20,21)16-10-14(17)5-6-15(16)23-2/h3-7,10-11H,8-9,12H2,1-2H3. The number of nitrogens with zero attached hydrogens (tertiary/aromatic N) is 2. The van der Waals surface area contributed by atoms with E-state index in [1.165, 1.54) is 24.6 Å². The predicted molar refractivity (Wildman–Crippen MR) is 94.4 cm³/mol. The van der Waals surface area contributed by atoms with Crippen LogP contribution in [0.2, 0.25) is 0 Å². The van der Waals surface area contributed by atoms with Crippen LogP contribution < -0.4 is 4.74 Å². The van der Waals surface area contributed by atoms with E-state index < -0.39 is 10.0 Å². The molecule has 0 aliphatic rings. The fourth-order valence-corrected chi connectivity index (χ4v) is 4.27. The number of ether oxygens (including phenoxy) is 2. The average Bonchev–Trinajstić information content (AvgIpc) is 2.59. The number of methoxy groups -OCH3 is 2. The highest BCUT2D eigenvalue weighted by atomic mass is 79.9. The van der Waals surface area contributed by atoms with Gasteiger partial charge in [-0.1, -0.05) is 22.0 Å². The molecular formula is C16H19BrN2O4S. The number of aromatic nitrogens is 1. The number of halogens is 1. The zero-order valence-electron chi connectivity index (χ0n) is 13.5. The summed E-state index contributed by atoms with van der Waals surface area (Å²) in [6.07, 6.45) is 3.29. The van der Waals surface area contributed by atoms with Crippen LogP contribution in [0.3, 0.4) is 0 Å². The highest BCUT2D eigenvalue weighted by Gasteiger charge is 2.28. The Morgan fingerprint density at radius 2 is 2.04 bits per heavy atom. The second-order valence-corrected chi connectivity index (χ2v) is 7.81. The lowest BCUT2D eigenvalue weighted by Gasteiger charge is -2.23. The van der Waals surface area contributed by atoms with Crippen LogP contribution in [-0.2, 0) is 21.3 Å². The fourth-order valence-electron chi connectivity index (χ4n) is 2.16. The van der Waals surface area contributed by atoms with Gasteiger partial charge in [-0.05, 0) is 29.8 Å². The van der Waals surface area contributed by atoms with E-state index in [9.17, 15) is 8.42 Å². The molecule has 0 fully saturated rings. The van der Waals surface area contributed by atoms with Gasteiger partial charge >= 0.3 is 0 Å². The molecule has 1 aromatic heterocycles. The quantitative estimate of drug-likeness (QED) is 0.663. The minimum Gasteiger partial charge on any atom is -0.495 e. The van der Waals surface area contributed by atoms with Crippen LogP contribution in [0.5, 0.6) is 5.75 Å². The van der Waals surface area contributed by atoms with E-state index >= 15 is 0 Å². The topological polar surface area (TPSA) is 68.7 Å². The van der Waals surface area contributed by atoms with E-state index in [0.717, 1.165) is 5.56 Å². The van der Waals surface area contributed by atoms with E-state index in [1.54, 1.807) is 30.6 Å². The first-order valence-electron chi connectivity index (χ1n) is 7.20. The number of hydrogen-bond acceptors (Lipinski definition) is 5. The molecule has 0 bridgehead atoms. The molecule has 0 spiro atoms. The van der Waals surface area contributed by atoms with E-state index in [4.69, 9.17) is 9.47 Å². The molecule has 0 radical (unpaired) electrons. The molecular weight excluding hydrogens is 396 g/mol. The van der Waals surface area contributed by atoms with E-state index in [1.807, 2.05) is 6.07 Å². The molecule has 1 aromatic carbocycles. The molecule has 1 heterocycles. The summed E-state index contributed by atoms with van der Waals surface area (Å²) in [5.74, 6) is 0.298. The SMILES string of the molecule is COCCN(Cc1cccnc1)S(=O)(=O)c1cc(Br)ccc1OC. The molecule has 0 unspecified atom stereocenters. The molecule has 2 aromatic rings. The Kier molecular flexibility index (Phi) is 6.73. The van der Waals surface area contributed by atoms with E-state index in [0.29, 0.717) is 10.2 Å². The number of benzene rings is 1. The van der Waals surface area contributed by atoms with E-state index in [2.05, 4.69) is 20.9 Å². The van der Waals surface area contributed by atoms with Crippen molar-refractivity contribution < 1.29 is 17.9 Å². The highest BCUT2D eigenvalue weighted by Crippen LogP contribution is 2.30. The van der Waals surface area contributed by atoms with Crippen LogP contribution in [0.25, 0.3) is 0 Å². The normalized spacial score (nSPS) is 11.7. The first kappa shape index (κ1) is 18.9. The van der Waals surface area contributed by atoms with Crippen molar-refractivity contribution in [2.45, 2.75) is 11.4 Å². The number of sulfonamides is 1. The summed E-state index contributed by atoms with van der Waals surface area (Å²) in [4.78, 5) is 4.15. The molecule has 0 aliphatic carbocycles. The minimum absolute atomic E-state index is 0.111. The van der Waals surface area contributed by atoms with Gasteiger partial charge in [0.05, 0.1) is 13.7 Å². The van der Waals surface area contributed by atoms with Crippen LogP contribution in [0, 0.1) is 0 Å². The van der Waals surface area contributed by atoms with Crippen molar-refractivity contribution in [3.8, 4) is 5.75 Å². The Labute approximate surface area is 150 Å². The molecule has 6 nitrogen and oxygen atoms in total. The molecule has 0 amide bonds. The van der Waals surface area contributed by atoms with Gasteiger partial charge in [-0.15, -0.1) is 0 Å². The van der Waals surface area contributed by atoms with Crippen molar-refractivity contribution in [1.82, 2.24) is 9.29 Å². The molecule has 0 aliphatic heterocycles. The Hall–Kier alpha value is -1.48. The van der Waals surface area contributed by atoms with Crippen LogP contribution >= 0.6 is 15.9 Å². The van der Waals surface area contributed by atoms with Crippen molar-refractivity contribution in [3.05, 3.63) is 52.8 Å². The average molecular weight is 415 g/mol. The molecule has 0 saturated carbocycles. The van der Waals surface area contributed by atoms with Crippen molar-refractivity contribution in [2.24, 2.45) is 0 Å². The highest BCUT2D eigenvalue weighted by molar-refractivity contribution is 9.10. The van der Waals surface area contributed by atoms with Crippen molar-refractivity contribution in [3.63, 3.8) is 0 Å². The van der Waals surface area contributed by atoms with Gasteiger partial charge in [0.15, 0.2) is 0 Å². The van der Waals surface area contributed by atoms with Gasteiger partial charge in [0.25, 0.3) is 0 Å². The predicted octanol–water partition coefficient (Wildman–Crippen LogP) is 2.69. The Bertz CT molecular complexity index is 769.